The fraction of sp³-hybridized carbons (Fsp3) is 0.455. The van der Waals surface area contributed by atoms with Crippen LogP contribution in [0.2, 0.25) is 0 Å². The van der Waals surface area contributed by atoms with E-state index in [1.807, 2.05) is 11.8 Å². The lowest BCUT2D eigenvalue weighted by Crippen LogP contribution is -2.63. The molecule has 0 atom stereocenters. The summed E-state index contributed by atoms with van der Waals surface area (Å²) in [5.41, 5.74) is 3.61. The highest BCUT2D eigenvalue weighted by atomic mass is 32.2. The van der Waals surface area contributed by atoms with Gasteiger partial charge in [-0.05, 0) is 65.3 Å². The van der Waals surface area contributed by atoms with Crippen LogP contribution in [0.5, 0.6) is 0 Å². The van der Waals surface area contributed by atoms with Crippen LogP contribution in [-0.4, -0.2) is 60.1 Å². The van der Waals surface area contributed by atoms with Crippen molar-refractivity contribution in [2.24, 2.45) is 0 Å². The number of sulfonamides is 1. The molecule has 3 heterocycles. The van der Waals surface area contributed by atoms with Crippen LogP contribution in [0.25, 0.3) is 11.1 Å². The second-order valence-electron chi connectivity index (χ2n) is 8.45. The van der Waals surface area contributed by atoms with Gasteiger partial charge < -0.3 is 0 Å². The van der Waals surface area contributed by atoms with Crippen LogP contribution in [0.3, 0.4) is 0 Å². The average molecular weight is 462 g/mol. The van der Waals surface area contributed by atoms with Crippen molar-refractivity contribution in [3.8, 4) is 11.1 Å². The van der Waals surface area contributed by atoms with Gasteiger partial charge in [-0.1, -0.05) is 0 Å². The largest absolute Gasteiger partial charge is 0.296 e. The van der Waals surface area contributed by atoms with Crippen molar-refractivity contribution >= 4 is 27.7 Å². The van der Waals surface area contributed by atoms with Crippen molar-refractivity contribution < 1.29 is 17.6 Å². The summed E-state index contributed by atoms with van der Waals surface area (Å²) >= 11 is 1.86. The van der Waals surface area contributed by atoms with E-state index < -0.39 is 21.2 Å². The van der Waals surface area contributed by atoms with Crippen LogP contribution in [0.1, 0.15) is 23.1 Å². The molecule has 0 radical (unpaired) electrons. The Morgan fingerprint density at radius 2 is 1.90 bits per heavy atom. The number of rotatable bonds is 6. The number of fused-ring (bicyclic) bond motifs is 1. The Morgan fingerprint density at radius 3 is 2.58 bits per heavy atom. The van der Waals surface area contributed by atoms with E-state index in [1.54, 1.807) is 24.5 Å². The number of thioether (sulfide) groups is 1. The van der Waals surface area contributed by atoms with E-state index in [0.29, 0.717) is 43.1 Å². The zero-order valence-electron chi connectivity index (χ0n) is 17.0. The molecule has 5 rings (SSSR count). The quantitative estimate of drug-likeness (QED) is 0.710. The Kier molecular flexibility index (Phi) is 5.52. The van der Waals surface area contributed by atoms with Crippen LogP contribution in [0.15, 0.2) is 30.6 Å². The second kappa shape index (κ2) is 8.18. The smallest absolute Gasteiger partial charge is 0.240 e. The molecule has 2 aliphatic heterocycles. The Hall–Kier alpha value is -1.97. The number of nitrogens with one attached hydrogen (secondary N) is 1. The van der Waals surface area contributed by atoms with Crippen LogP contribution in [-0.2, 0) is 34.1 Å². The summed E-state index contributed by atoms with van der Waals surface area (Å²) < 4.78 is 42.4. The van der Waals surface area contributed by atoms with Crippen molar-refractivity contribution in [1.82, 2.24) is 14.6 Å². The lowest BCUT2D eigenvalue weighted by Gasteiger charge is -2.46. The molecule has 0 unspecified atom stereocenters. The topological polar surface area (TPSA) is 79.4 Å². The van der Waals surface area contributed by atoms with Crippen molar-refractivity contribution in [3.63, 3.8) is 0 Å². The molecule has 1 amide bonds. The molecule has 0 bridgehead atoms. The summed E-state index contributed by atoms with van der Waals surface area (Å²) in [4.78, 5) is 19.0. The summed E-state index contributed by atoms with van der Waals surface area (Å²) in [5, 5.41) is -0.555. The number of likely N-dealkylation sites (tertiary alicyclic amines) is 1. The fourth-order valence-electron chi connectivity index (χ4n) is 4.63. The molecule has 0 saturated carbocycles. The zero-order valence-corrected chi connectivity index (χ0v) is 18.6. The first-order chi connectivity index (χ1) is 14.9. The number of carbonyl (C=O) groups excluding carboxylic acids is 1. The van der Waals surface area contributed by atoms with Gasteiger partial charge in [-0.25, -0.2) is 12.8 Å². The number of hydrogen-bond acceptors (Lipinski definition) is 6. The molecule has 3 aliphatic rings. The third kappa shape index (κ3) is 3.99. The second-order valence-corrected chi connectivity index (χ2v) is 11.5. The molecule has 6 nitrogen and oxygen atoms in total. The summed E-state index contributed by atoms with van der Waals surface area (Å²) in [6.45, 7) is 0.949. The third-order valence-electron chi connectivity index (χ3n) is 6.50. The summed E-state index contributed by atoms with van der Waals surface area (Å²) in [7, 11) is -3.73. The maximum Gasteiger partial charge on any atom is 0.240 e. The van der Waals surface area contributed by atoms with Gasteiger partial charge in [0.1, 0.15) is 11.1 Å². The molecule has 1 N–H and O–H groups in total. The molecule has 1 aromatic heterocycles. The highest BCUT2D eigenvalue weighted by Gasteiger charge is 2.42. The van der Waals surface area contributed by atoms with E-state index in [1.165, 1.54) is 6.07 Å². The van der Waals surface area contributed by atoms with Crippen molar-refractivity contribution in [3.05, 3.63) is 53.1 Å². The lowest BCUT2D eigenvalue weighted by atomic mass is 9.91. The summed E-state index contributed by atoms with van der Waals surface area (Å²) in [6.07, 6.45) is 5.32. The molecule has 0 spiro atoms. The third-order valence-corrected chi connectivity index (χ3v) is 9.43. The molecule has 2 aromatic rings. The lowest BCUT2D eigenvalue weighted by molar-refractivity contribution is -0.118. The van der Waals surface area contributed by atoms with Crippen molar-refractivity contribution in [2.45, 2.75) is 37.0 Å². The molecule has 164 valence electrons. The number of halogens is 1. The fourth-order valence-corrected chi connectivity index (χ4v) is 6.83. The molecule has 1 aromatic carbocycles. The van der Waals surface area contributed by atoms with Gasteiger partial charge in [0.2, 0.25) is 15.9 Å². The minimum absolute atomic E-state index is 0.0881. The van der Waals surface area contributed by atoms with Gasteiger partial charge in [0, 0.05) is 43.0 Å². The van der Waals surface area contributed by atoms with Gasteiger partial charge >= 0.3 is 0 Å². The van der Waals surface area contributed by atoms with E-state index in [0.717, 1.165) is 34.6 Å². The summed E-state index contributed by atoms with van der Waals surface area (Å²) in [5.74, 6) is 1.27. The first kappa shape index (κ1) is 20.9. The van der Waals surface area contributed by atoms with E-state index in [4.69, 9.17) is 0 Å². The van der Waals surface area contributed by atoms with Gasteiger partial charge in [-0.2, -0.15) is 11.8 Å². The SMILES string of the molecule is O=C(Cc1c(-c2ccncc2)cc(F)c2c1CCC2)NS(=O)(=O)C1CN(C2CSC2)C1. The van der Waals surface area contributed by atoms with Crippen molar-refractivity contribution in [1.29, 1.82) is 0 Å². The maximum absolute atomic E-state index is 14.7. The minimum atomic E-state index is -3.73. The maximum atomic E-state index is 14.7. The number of aromatic nitrogens is 1. The average Bonchev–Trinajstić information content (AvgIpc) is 3.15. The van der Waals surface area contributed by atoms with E-state index in [2.05, 4.69) is 14.6 Å². The van der Waals surface area contributed by atoms with Gasteiger partial charge in [0.05, 0.1) is 6.42 Å². The highest BCUT2D eigenvalue weighted by molar-refractivity contribution is 8.00. The number of hydrogen-bond donors (Lipinski definition) is 1. The van der Waals surface area contributed by atoms with Crippen LogP contribution < -0.4 is 4.72 Å². The van der Waals surface area contributed by atoms with Crippen molar-refractivity contribution in [2.75, 3.05) is 24.6 Å². The molecule has 2 saturated heterocycles. The highest BCUT2D eigenvalue weighted by Crippen LogP contribution is 2.36. The zero-order chi connectivity index (χ0) is 21.6. The minimum Gasteiger partial charge on any atom is -0.296 e. The van der Waals surface area contributed by atoms with E-state index in [9.17, 15) is 17.6 Å². The first-order valence-electron chi connectivity index (χ1n) is 10.5. The first-order valence-corrected chi connectivity index (χ1v) is 13.2. The Bertz CT molecular complexity index is 1110. The van der Waals surface area contributed by atoms with E-state index in [-0.39, 0.29) is 12.2 Å². The molecule has 2 fully saturated rings. The molecule has 9 heteroatoms. The number of nitrogens with zero attached hydrogens (tertiary/aromatic N) is 2. The predicted molar refractivity (Wildman–Crippen MR) is 119 cm³/mol. The Labute approximate surface area is 185 Å². The molecular formula is C22H24FN3O3S2. The number of benzene rings is 1. The van der Waals surface area contributed by atoms with Gasteiger partial charge in [-0.3, -0.25) is 19.4 Å². The number of pyridine rings is 1. The van der Waals surface area contributed by atoms with Gasteiger partial charge in [0.15, 0.2) is 0 Å². The normalized spacial score (nSPS) is 19.5. The molecular weight excluding hydrogens is 437 g/mol. The van der Waals surface area contributed by atoms with Gasteiger partial charge in [0.25, 0.3) is 0 Å². The number of carbonyl (C=O) groups is 1. The van der Waals surface area contributed by atoms with Crippen LogP contribution in [0.4, 0.5) is 4.39 Å². The molecule has 31 heavy (non-hydrogen) atoms. The van der Waals surface area contributed by atoms with Gasteiger partial charge in [-0.15, -0.1) is 0 Å². The van der Waals surface area contributed by atoms with E-state index >= 15 is 0 Å². The van der Waals surface area contributed by atoms with Crippen LogP contribution in [0, 0.1) is 5.82 Å². The monoisotopic (exact) mass is 461 g/mol. The number of amides is 1. The summed E-state index contributed by atoms with van der Waals surface area (Å²) in [6, 6.07) is 5.49. The van der Waals surface area contributed by atoms with Crippen LogP contribution >= 0.6 is 11.8 Å². The Morgan fingerprint density at radius 1 is 1.19 bits per heavy atom. The standard InChI is InChI=1S/C22H24FN3O3S2/c23-21-8-19(14-4-6-24-7-5-14)20(17-2-1-3-18(17)21)9-22(27)25-31(28,29)16-10-26(11-16)15-12-30-13-15/h4-8,15-16H,1-3,9-13H2,(H,25,27). The molecule has 1 aliphatic carbocycles. The predicted octanol–water partition coefficient (Wildman–Crippen LogP) is 2.16. The Balaban J connectivity index is 1.36.